The van der Waals surface area contributed by atoms with Crippen molar-refractivity contribution >= 4 is 29.5 Å². The molecule has 0 bridgehead atoms. The van der Waals surface area contributed by atoms with Gasteiger partial charge in [-0.25, -0.2) is 9.59 Å². The first kappa shape index (κ1) is 26.3. The number of anilines is 1. The maximum absolute atomic E-state index is 13.2. The standard InChI is InChI=1S/C25H37N5O5/c1-17(24(33)35-4)26-22(31)21-16-29(23(32)18-10-12-20(13-11-18)28(2)3)14-15-30(21)25(34)27-19-8-6-5-7-9-19/h10-13,17,19,21H,5-9,14-16H2,1-4H3,(H,26,31)(H,27,34)/t17-,21+/m1/s1. The molecule has 10 nitrogen and oxygen atoms in total. The van der Waals surface area contributed by atoms with Gasteiger partial charge in [-0.1, -0.05) is 19.3 Å². The molecule has 3 rings (SSSR count). The summed E-state index contributed by atoms with van der Waals surface area (Å²) in [5.74, 6) is -1.29. The number of nitrogens with zero attached hydrogens (tertiary/aromatic N) is 3. The molecule has 1 heterocycles. The van der Waals surface area contributed by atoms with E-state index in [4.69, 9.17) is 4.74 Å². The molecule has 0 aromatic heterocycles. The number of nitrogens with one attached hydrogen (secondary N) is 2. The Labute approximate surface area is 206 Å². The van der Waals surface area contributed by atoms with Gasteiger partial charge in [0, 0.05) is 44.5 Å². The molecule has 2 atom stereocenters. The number of ether oxygens (including phenoxy) is 1. The van der Waals surface area contributed by atoms with Crippen molar-refractivity contribution in [3.63, 3.8) is 0 Å². The minimum atomic E-state index is -0.926. The topological polar surface area (TPSA) is 111 Å². The number of amides is 4. The van der Waals surface area contributed by atoms with Gasteiger partial charge in [-0.15, -0.1) is 0 Å². The molecule has 10 heteroatoms. The van der Waals surface area contributed by atoms with Gasteiger partial charge in [-0.05, 0) is 44.0 Å². The molecule has 1 aromatic rings. The summed E-state index contributed by atoms with van der Waals surface area (Å²) >= 11 is 0. The summed E-state index contributed by atoms with van der Waals surface area (Å²) in [5.41, 5.74) is 1.48. The monoisotopic (exact) mass is 487 g/mol. The fourth-order valence-corrected chi connectivity index (χ4v) is 4.57. The highest BCUT2D eigenvalue weighted by atomic mass is 16.5. The van der Waals surface area contributed by atoms with Crippen molar-refractivity contribution in [2.75, 3.05) is 45.7 Å². The van der Waals surface area contributed by atoms with Gasteiger partial charge in [0.25, 0.3) is 5.91 Å². The molecule has 0 radical (unpaired) electrons. The molecule has 2 fully saturated rings. The zero-order valence-electron chi connectivity index (χ0n) is 21.1. The minimum absolute atomic E-state index is 0.0338. The van der Waals surface area contributed by atoms with Crippen molar-refractivity contribution in [2.24, 2.45) is 0 Å². The van der Waals surface area contributed by atoms with Gasteiger partial charge in [0.05, 0.1) is 13.7 Å². The first-order valence-corrected chi connectivity index (χ1v) is 12.2. The van der Waals surface area contributed by atoms with E-state index in [-0.39, 0.29) is 31.1 Å². The Morgan fingerprint density at radius 2 is 1.69 bits per heavy atom. The number of hydrogen-bond donors (Lipinski definition) is 2. The molecule has 2 N–H and O–H groups in total. The van der Waals surface area contributed by atoms with Crippen LogP contribution in [-0.4, -0.2) is 92.6 Å². The number of benzene rings is 1. The number of urea groups is 1. The highest BCUT2D eigenvalue weighted by molar-refractivity contribution is 5.96. The Morgan fingerprint density at radius 3 is 2.29 bits per heavy atom. The lowest BCUT2D eigenvalue weighted by molar-refractivity contribution is -0.145. The average Bonchev–Trinajstić information content (AvgIpc) is 2.87. The zero-order valence-corrected chi connectivity index (χ0v) is 21.1. The van der Waals surface area contributed by atoms with Crippen LogP contribution in [0.5, 0.6) is 0 Å². The maximum Gasteiger partial charge on any atom is 0.328 e. The molecular formula is C25H37N5O5. The van der Waals surface area contributed by atoms with Crippen molar-refractivity contribution in [1.82, 2.24) is 20.4 Å². The van der Waals surface area contributed by atoms with Crippen molar-refractivity contribution in [3.05, 3.63) is 29.8 Å². The van der Waals surface area contributed by atoms with E-state index < -0.39 is 24.0 Å². The summed E-state index contributed by atoms with van der Waals surface area (Å²) in [5, 5.41) is 5.69. The van der Waals surface area contributed by atoms with Crippen LogP contribution in [0.25, 0.3) is 0 Å². The van der Waals surface area contributed by atoms with E-state index in [9.17, 15) is 19.2 Å². The predicted molar refractivity (Wildman–Crippen MR) is 132 cm³/mol. The first-order chi connectivity index (χ1) is 16.7. The van der Waals surface area contributed by atoms with Gasteiger partial charge in [0.15, 0.2) is 0 Å². The predicted octanol–water partition coefficient (Wildman–Crippen LogP) is 1.60. The van der Waals surface area contributed by atoms with Crippen LogP contribution in [-0.2, 0) is 14.3 Å². The van der Waals surface area contributed by atoms with Gasteiger partial charge in [0.2, 0.25) is 5.91 Å². The third-order valence-corrected chi connectivity index (χ3v) is 6.71. The minimum Gasteiger partial charge on any atom is -0.467 e. The zero-order chi connectivity index (χ0) is 25.5. The van der Waals surface area contributed by atoms with Crippen LogP contribution in [0.1, 0.15) is 49.4 Å². The highest BCUT2D eigenvalue weighted by Crippen LogP contribution is 2.20. The van der Waals surface area contributed by atoms with Crippen LogP contribution in [0.15, 0.2) is 24.3 Å². The van der Waals surface area contributed by atoms with E-state index >= 15 is 0 Å². The Balaban J connectivity index is 1.75. The number of carbonyl (C=O) groups is 4. The first-order valence-electron chi connectivity index (χ1n) is 12.2. The number of esters is 1. The number of methoxy groups -OCH3 is 1. The molecule has 1 aromatic carbocycles. The normalized spacial score (nSPS) is 19.5. The molecule has 1 saturated heterocycles. The van der Waals surface area contributed by atoms with Crippen molar-refractivity contribution < 1.29 is 23.9 Å². The van der Waals surface area contributed by atoms with E-state index in [0.717, 1.165) is 31.4 Å². The van der Waals surface area contributed by atoms with Gasteiger partial charge in [0.1, 0.15) is 12.1 Å². The summed E-state index contributed by atoms with van der Waals surface area (Å²) in [7, 11) is 5.09. The fourth-order valence-electron chi connectivity index (χ4n) is 4.57. The summed E-state index contributed by atoms with van der Waals surface area (Å²) in [4.78, 5) is 56.4. The maximum atomic E-state index is 13.2. The molecule has 0 spiro atoms. The Bertz CT molecular complexity index is 913. The second kappa shape index (κ2) is 11.9. The molecule has 1 saturated carbocycles. The molecule has 2 aliphatic rings. The van der Waals surface area contributed by atoms with E-state index in [1.54, 1.807) is 17.0 Å². The third kappa shape index (κ3) is 6.64. The summed E-state index contributed by atoms with van der Waals surface area (Å²) in [6, 6.07) is 5.22. The third-order valence-electron chi connectivity index (χ3n) is 6.71. The van der Waals surface area contributed by atoms with Gasteiger partial charge in [-0.2, -0.15) is 0 Å². The van der Waals surface area contributed by atoms with Gasteiger partial charge in [-0.3, -0.25) is 9.59 Å². The largest absolute Gasteiger partial charge is 0.467 e. The van der Waals surface area contributed by atoms with E-state index in [1.165, 1.54) is 25.4 Å². The molecule has 1 aliphatic carbocycles. The number of hydrogen-bond acceptors (Lipinski definition) is 6. The summed E-state index contributed by atoms with van der Waals surface area (Å²) in [6.45, 7) is 2.08. The molecule has 192 valence electrons. The molecule has 35 heavy (non-hydrogen) atoms. The Kier molecular flexibility index (Phi) is 8.95. The summed E-state index contributed by atoms with van der Waals surface area (Å²) < 4.78 is 4.70. The van der Waals surface area contributed by atoms with E-state index in [2.05, 4.69) is 10.6 Å². The van der Waals surface area contributed by atoms with Crippen molar-refractivity contribution in [3.8, 4) is 0 Å². The lowest BCUT2D eigenvalue weighted by Crippen LogP contribution is -2.64. The van der Waals surface area contributed by atoms with Crippen LogP contribution >= 0.6 is 0 Å². The van der Waals surface area contributed by atoms with E-state index in [0.29, 0.717) is 12.1 Å². The SMILES string of the molecule is COC(=O)[C@@H](C)NC(=O)[C@@H]1CN(C(=O)c2ccc(N(C)C)cc2)CCN1C(=O)NC1CCCCC1. The van der Waals surface area contributed by atoms with E-state index in [1.807, 2.05) is 31.1 Å². The lowest BCUT2D eigenvalue weighted by atomic mass is 9.95. The van der Waals surface area contributed by atoms with Crippen LogP contribution in [0, 0.1) is 0 Å². The Morgan fingerprint density at radius 1 is 1.03 bits per heavy atom. The molecular weight excluding hydrogens is 450 g/mol. The van der Waals surface area contributed by atoms with Gasteiger partial charge >= 0.3 is 12.0 Å². The fraction of sp³-hybridized carbons (Fsp3) is 0.600. The highest BCUT2D eigenvalue weighted by Gasteiger charge is 2.38. The summed E-state index contributed by atoms with van der Waals surface area (Å²) in [6.07, 6.45) is 5.15. The second-order valence-electron chi connectivity index (χ2n) is 9.44. The Hall–Kier alpha value is -3.30. The number of piperazine rings is 1. The quantitative estimate of drug-likeness (QED) is 0.590. The van der Waals surface area contributed by atoms with Crippen molar-refractivity contribution in [2.45, 2.75) is 57.2 Å². The van der Waals surface area contributed by atoms with Crippen LogP contribution < -0.4 is 15.5 Å². The molecule has 1 aliphatic heterocycles. The average molecular weight is 488 g/mol. The van der Waals surface area contributed by atoms with Crippen LogP contribution in [0.4, 0.5) is 10.5 Å². The second-order valence-corrected chi connectivity index (χ2v) is 9.44. The van der Waals surface area contributed by atoms with Crippen molar-refractivity contribution in [1.29, 1.82) is 0 Å². The van der Waals surface area contributed by atoms with Crippen LogP contribution in [0.2, 0.25) is 0 Å². The lowest BCUT2D eigenvalue weighted by Gasteiger charge is -2.41. The smallest absolute Gasteiger partial charge is 0.328 e. The molecule has 0 unspecified atom stereocenters. The van der Waals surface area contributed by atoms with Gasteiger partial charge < -0.3 is 30.1 Å². The number of carbonyl (C=O) groups excluding carboxylic acids is 4. The van der Waals surface area contributed by atoms with Crippen LogP contribution in [0.3, 0.4) is 0 Å². The number of rotatable bonds is 6. The molecule has 4 amide bonds.